The van der Waals surface area contributed by atoms with Crippen molar-refractivity contribution in [2.75, 3.05) is 91.3 Å². The Morgan fingerprint density at radius 1 is 0.301 bits per heavy atom. The first-order valence-corrected chi connectivity index (χ1v) is 48.1. The first kappa shape index (κ1) is 96.3. The summed E-state index contributed by atoms with van der Waals surface area (Å²) in [5.74, 6) is -0.929. The van der Waals surface area contributed by atoms with Crippen LogP contribution in [0.15, 0.2) is 365 Å². The van der Waals surface area contributed by atoms with Gasteiger partial charge < -0.3 is 51.3 Å². The number of anilines is 7. The van der Waals surface area contributed by atoms with E-state index in [0.717, 1.165) is 194 Å². The molecule has 20 aromatic rings. The molecule has 0 atom stereocenters. The molecule has 10 N–H and O–H groups in total. The molecule has 0 radical (unpaired) electrons. The zero-order valence-corrected chi connectivity index (χ0v) is 80.8. The second kappa shape index (κ2) is 45.4. The lowest BCUT2D eigenvalue weighted by molar-refractivity contribution is -0.117. The van der Waals surface area contributed by atoms with Gasteiger partial charge >= 0.3 is 6.03 Å². The Morgan fingerprint density at radius 3 is 0.952 bits per heavy atom. The number of urea groups is 1. The van der Waals surface area contributed by atoms with Gasteiger partial charge in [-0.05, 0) is 246 Å². The van der Waals surface area contributed by atoms with Crippen LogP contribution >= 0.6 is 0 Å². The summed E-state index contributed by atoms with van der Waals surface area (Å²) in [6.07, 6.45) is 19.2. The molecule has 12 aromatic carbocycles. The topological polar surface area (TPSA) is 360 Å². The van der Waals surface area contributed by atoms with Gasteiger partial charge in [-0.1, -0.05) is 194 Å². The number of fused-ring (bicyclic) bond motifs is 4. The van der Waals surface area contributed by atoms with Crippen molar-refractivity contribution in [3.8, 4) is 44.5 Å². The summed E-state index contributed by atoms with van der Waals surface area (Å²) in [5, 5.41) is 49.8. The highest BCUT2D eigenvalue weighted by molar-refractivity contribution is 6.15. The molecule has 2 fully saturated rings. The van der Waals surface area contributed by atoms with Crippen LogP contribution in [0.2, 0.25) is 0 Å². The third kappa shape index (κ3) is 24.7. The van der Waals surface area contributed by atoms with E-state index < -0.39 is 0 Å². The molecule has 1 saturated heterocycles. The van der Waals surface area contributed by atoms with Crippen molar-refractivity contribution in [3.63, 3.8) is 0 Å². The minimum absolute atomic E-state index is 0.0380. The highest BCUT2D eigenvalue weighted by atomic mass is 16.5. The van der Waals surface area contributed by atoms with Crippen molar-refractivity contribution in [2.45, 2.75) is 45.1 Å². The molecule has 7 amide bonds. The van der Waals surface area contributed by atoms with E-state index in [1.807, 2.05) is 282 Å². The molecule has 22 rings (SSSR count). The van der Waals surface area contributed by atoms with Gasteiger partial charge in [0.05, 0.1) is 70.9 Å². The van der Waals surface area contributed by atoms with E-state index in [-0.39, 0.29) is 41.5 Å². The Hall–Kier alpha value is -18.5. The fourth-order valence-corrected chi connectivity index (χ4v) is 17.4. The van der Waals surface area contributed by atoms with E-state index in [1.165, 1.54) is 27.2 Å². The van der Waals surface area contributed by atoms with Crippen LogP contribution in [0.1, 0.15) is 105 Å². The van der Waals surface area contributed by atoms with Gasteiger partial charge in [0.2, 0.25) is 5.91 Å². The third-order valence-corrected chi connectivity index (χ3v) is 24.9. The Balaban J connectivity index is 0.000000123. The number of amides is 7. The average Bonchev–Trinajstić information content (AvgIpc) is 1.64. The minimum atomic E-state index is -0.301. The summed E-state index contributed by atoms with van der Waals surface area (Å²) in [6, 6.07) is 104. The second-order valence-corrected chi connectivity index (χ2v) is 36.5. The molecule has 0 spiro atoms. The lowest BCUT2D eigenvalue weighted by atomic mass is 10.0. The molecular formula is C118H105N21O7. The van der Waals surface area contributed by atoms with Crippen LogP contribution < -0.4 is 36.8 Å². The number of morpholine rings is 1. The standard InChI is InChI=1S/C30H27N5O2.C30H25N5O2.C29H26N6O2.C29H27N5O/c36-30(32-25-8-4-7-22(16-25)15-21-5-2-1-3-6-21)29-27-18-23(9-10-28(27)33-34-29)24-17-26(20-31-19-24)35-11-13-37-14-12-35;36-29(21-9-10-21)33-25-15-23(17-31-18-25)22-11-12-27-26(16-22)28(35-34-27)30(37)32-24-8-4-7-20(14-24)13-19-5-2-1-3-6-19;1-35(2)29(37)32-24-15-22(17-30-18-24)21-11-12-26-25(16-21)27(34-33-26)28(36)31-23-10-6-9-20(14-23)13-19-7-4-3-5-8-19;1-34(2)19-22-14-24(18-30-17-22)23-11-12-27-26(16-23)28(33-32-27)29(35)31-25-10-6-9-21(15-25)13-20-7-4-3-5-8-20/h1-10,16-20H,11-15H2,(H,32,36)(H,33,34);1-8,11-12,14-18,21H,9-10,13H2,(H,32,37)(H,33,36)(H,34,35);3-12,14-18H,13H2,1-2H3,(H,31,36)(H,32,37)(H,33,34);3-12,14-18H,13,19H2,1-2H3,(H,31,35)(H,32,33). The highest BCUT2D eigenvalue weighted by Crippen LogP contribution is 2.36. The Kier molecular flexibility index (Phi) is 29.9. The molecule has 1 aliphatic heterocycles. The van der Waals surface area contributed by atoms with Crippen molar-refractivity contribution in [2.24, 2.45) is 5.92 Å². The van der Waals surface area contributed by atoms with Crippen LogP contribution in [0.5, 0.6) is 0 Å². The van der Waals surface area contributed by atoms with Crippen molar-refractivity contribution >= 4 is 119 Å². The first-order valence-electron chi connectivity index (χ1n) is 48.1. The van der Waals surface area contributed by atoms with E-state index in [1.54, 1.807) is 38.9 Å². The quantitative estimate of drug-likeness (QED) is 0.0241. The van der Waals surface area contributed by atoms with Gasteiger partial charge in [0.15, 0.2) is 22.8 Å². The number of nitrogens with zero attached hydrogens (tertiary/aromatic N) is 11. The number of carbonyl (C=O) groups excluding carboxylic acids is 6. The molecule has 0 bridgehead atoms. The normalized spacial score (nSPS) is 12.1. The lowest BCUT2D eigenvalue weighted by Crippen LogP contribution is -2.36. The van der Waals surface area contributed by atoms with E-state index >= 15 is 0 Å². The van der Waals surface area contributed by atoms with E-state index in [2.05, 4.69) is 175 Å². The fraction of sp³-hybridized carbons (Fsp3) is 0.136. The molecule has 724 valence electrons. The summed E-state index contributed by atoms with van der Waals surface area (Å²) < 4.78 is 5.48. The van der Waals surface area contributed by atoms with Gasteiger partial charge in [0.25, 0.3) is 23.6 Å². The van der Waals surface area contributed by atoms with Gasteiger partial charge in [-0.2, -0.15) is 20.4 Å². The summed E-state index contributed by atoms with van der Waals surface area (Å²) in [6.45, 7) is 3.95. The Bertz CT molecular complexity index is 7850. The van der Waals surface area contributed by atoms with Crippen LogP contribution in [-0.4, -0.2) is 161 Å². The number of pyridine rings is 4. The van der Waals surface area contributed by atoms with Crippen molar-refractivity contribution < 1.29 is 33.5 Å². The van der Waals surface area contributed by atoms with E-state index in [0.29, 0.717) is 56.3 Å². The number of carbonyl (C=O) groups is 6. The van der Waals surface area contributed by atoms with Gasteiger partial charge in [0.1, 0.15) is 0 Å². The largest absolute Gasteiger partial charge is 0.378 e. The highest BCUT2D eigenvalue weighted by Gasteiger charge is 2.30. The maximum atomic E-state index is 13.2. The number of aromatic nitrogens is 12. The number of aromatic amines is 4. The van der Waals surface area contributed by atoms with Crippen LogP contribution in [0.25, 0.3) is 88.1 Å². The molecule has 0 unspecified atom stereocenters. The molecule has 2 aliphatic rings. The molecule has 28 heteroatoms. The van der Waals surface area contributed by atoms with E-state index in [4.69, 9.17) is 4.74 Å². The summed E-state index contributed by atoms with van der Waals surface area (Å²) >= 11 is 0. The molecular weight excluding hydrogens is 1820 g/mol. The molecule has 146 heavy (non-hydrogen) atoms. The number of benzene rings is 12. The predicted molar refractivity (Wildman–Crippen MR) is 576 cm³/mol. The monoisotopic (exact) mass is 1930 g/mol. The smallest absolute Gasteiger partial charge is 0.321 e. The molecule has 1 aliphatic carbocycles. The van der Waals surface area contributed by atoms with E-state index in [9.17, 15) is 28.8 Å². The molecule has 9 heterocycles. The molecule has 1 saturated carbocycles. The average molecular weight is 1930 g/mol. The van der Waals surface area contributed by atoms with Crippen molar-refractivity contribution in [1.82, 2.24) is 70.5 Å². The van der Waals surface area contributed by atoms with Crippen molar-refractivity contribution in [3.05, 3.63) is 438 Å². The zero-order valence-electron chi connectivity index (χ0n) is 80.8. The Morgan fingerprint density at radius 2 is 0.616 bits per heavy atom. The third-order valence-electron chi connectivity index (χ3n) is 24.9. The summed E-state index contributed by atoms with van der Waals surface area (Å²) in [4.78, 5) is 100. The molecule has 28 nitrogen and oxygen atoms in total. The SMILES string of the molecule is CN(C)C(=O)Nc1cncc(-c2ccc3[nH]nc(C(=O)Nc4cccc(Cc5ccccc5)c4)c3c2)c1.CN(C)Cc1cncc(-c2ccc3[nH]nc(C(=O)Nc4cccc(Cc5ccccc5)c4)c3c2)c1.O=C(Nc1cccc(Cc2ccccc2)c1)c1n[nH]c2ccc(-c3cncc(N4CCOCC4)c3)cc12.O=C(Nc1cccc(Cc2ccccc2)c1)c1n[nH]c2ccc(-c3cncc(NC(=O)C4CC4)c3)cc12. The maximum absolute atomic E-state index is 13.2. The summed E-state index contributed by atoms with van der Waals surface area (Å²) in [5.41, 5.74) is 27.5. The van der Waals surface area contributed by atoms with Gasteiger partial charge in [-0.15, -0.1) is 0 Å². The molecule has 8 aromatic heterocycles. The number of hydrogen-bond donors (Lipinski definition) is 10. The van der Waals surface area contributed by atoms with Crippen LogP contribution in [0, 0.1) is 5.92 Å². The first-order chi connectivity index (χ1) is 71.3. The number of nitrogens with one attached hydrogen (secondary N) is 10. The van der Waals surface area contributed by atoms with Crippen LogP contribution in [-0.2, 0) is 41.8 Å². The zero-order chi connectivity index (χ0) is 100. The lowest BCUT2D eigenvalue weighted by Gasteiger charge is -2.28. The number of ether oxygens (including phenoxy) is 1. The van der Waals surface area contributed by atoms with Crippen LogP contribution in [0.3, 0.4) is 0 Å². The maximum Gasteiger partial charge on any atom is 0.321 e. The Labute approximate surface area is 842 Å². The fourth-order valence-electron chi connectivity index (χ4n) is 17.4. The number of H-pyrrole nitrogens is 4. The predicted octanol–water partition coefficient (Wildman–Crippen LogP) is 22.2. The minimum Gasteiger partial charge on any atom is -0.378 e. The van der Waals surface area contributed by atoms with Gasteiger partial charge in [-0.25, -0.2) is 4.79 Å². The summed E-state index contributed by atoms with van der Waals surface area (Å²) in [7, 11) is 7.41. The van der Waals surface area contributed by atoms with Gasteiger partial charge in [-0.3, -0.25) is 64.3 Å². The number of hydrogen-bond acceptors (Lipinski definition) is 17. The van der Waals surface area contributed by atoms with Gasteiger partial charge in [0, 0.05) is 137 Å². The van der Waals surface area contributed by atoms with Crippen LogP contribution in [0.4, 0.5) is 44.6 Å². The van der Waals surface area contributed by atoms with Crippen molar-refractivity contribution in [1.29, 1.82) is 0 Å². The number of rotatable bonds is 26. The second-order valence-electron chi connectivity index (χ2n) is 36.5.